The van der Waals surface area contributed by atoms with Crippen molar-refractivity contribution in [3.05, 3.63) is 97.9 Å². The van der Waals surface area contributed by atoms with E-state index in [1.807, 2.05) is 62.4 Å². The largest absolute Gasteiger partial charge is 0.493 e. The first-order chi connectivity index (χ1) is 18.3. The second-order valence-corrected chi connectivity index (χ2v) is 9.54. The smallest absolute Gasteiger partial charge is 0.293 e. The van der Waals surface area contributed by atoms with Crippen LogP contribution >= 0.6 is 11.8 Å². The molecule has 0 radical (unpaired) electrons. The van der Waals surface area contributed by atoms with E-state index in [-0.39, 0.29) is 47.4 Å². The summed E-state index contributed by atoms with van der Waals surface area (Å²) < 4.78 is 17.0. The summed E-state index contributed by atoms with van der Waals surface area (Å²) in [6.45, 7) is 4.22. The number of benzene rings is 3. The van der Waals surface area contributed by atoms with Crippen LogP contribution in [0.5, 0.6) is 17.2 Å². The first-order valence-corrected chi connectivity index (χ1v) is 12.6. The SMILES string of the molecule is COc1cc(/C=C2\SC(=O)N(CCOc3cc(C)ccc3C)C2=O)c([N+](=O)[O-])cc1OCc1ccccc1. The molecule has 0 aromatic heterocycles. The summed E-state index contributed by atoms with van der Waals surface area (Å²) in [7, 11) is 1.42. The Bertz CT molecular complexity index is 1410. The van der Waals surface area contributed by atoms with Crippen LogP contribution in [0.25, 0.3) is 6.08 Å². The number of ether oxygens (including phenoxy) is 3. The van der Waals surface area contributed by atoms with Crippen molar-refractivity contribution < 1.29 is 28.7 Å². The molecule has 1 aliphatic heterocycles. The van der Waals surface area contributed by atoms with E-state index in [0.717, 1.165) is 33.4 Å². The van der Waals surface area contributed by atoms with Crippen LogP contribution < -0.4 is 14.2 Å². The zero-order chi connectivity index (χ0) is 27.2. The summed E-state index contributed by atoms with van der Waals surface area (Å²) in [5, 5.41) is 11.4. The summed E-state index contributed by atoms with van der Waals surface area (Å²) in [4.78, 5) is 38.0. The molecule has 0 N–H and O–H groups in total. The normalized spacial score (nSPS) is 14.2. The molecule has 1 saturated heterocycles. The van der Waals surface area contributed by atoms with Crippen molar-refractivity contribution in [1.82, 2.24) is 4.90 Å². The van der Waals surface area contributed by atoms with Gasteiger partial charge >= 0.3 is 0 Å². The van der Waals surface area contributed by atoms with E-state index < -0.39 is 16.1 Å². The number of carbonyl (C=O) groups excluding carboxylic acids is 2. The third kappa shape index (κ3) is 6.15. The van der Waals surface area contributed by atoms with Gasteiger partial charge in [0, 0.05) is 0 Å². The summed E-state index contributed by atoms with van der Waals surface area (Å²) in [5.74, 6) is 0.600. The first kappa shape index (κ1) is 26.7. The summed E-state index contributed by atoms with van der Waals surface area (Å²) in [6.07, 6.45) is 1.33. The van der Waals surface area contributed by atoms with Crippen LogP contribution in [0.1, 0.15) is 22.3 Å². The van der Waals surface area contributed by atoms with Crippen LogP contribution in [0.2, 0.25) is 0 Å². The van der Waals surface area contributed by atoms with Gasteiger partial charge in [0.25, 0.3) is 16.8 Å². The number of hydrogen-bond donors (Lipinski definition) is 0. The van der Waals surface area contributed by atoms with E-state index >= 15 is 0 Å². The number of nitrogens with zero attached hydrogens (tertiary/aromatic N) is 2. The van der Waals surface area contributed by atoms with Gasteiger partial charge in [-0.25, -0.2) is 0 Å². The van der Waals surface area contributed by atoms with E-state index in [2.05, 4.69) is 0 Å². The van der Waals surface area contributed by atoms with E-state index in [1.165, 1.54) is 25.3 Å². The van der Waals surface area contributed by atoms with E-state index in [1.54, 1.807) is 0 Å². The zero-order valence-electron chi connectivity index (χ0n) is 21.1. The number of nitro groups is 1. The minimum Gasteiger partial charge on any atom is -0.493 e. The number of methoxy groups -OCH3 is 1. The molecule has 0 atom stereocenters. The molecule has 3 aromatic carbocycles. The van der Waals surface area contributed by atoms with E-state index in [4.69, 9.17) is 14.2 Å². The number of rotatable bonds is 10. The van der Waals surface area contributed by atoms with Crippen molar-refractivity contribution >= 4 is 34.7 Å². The summed E-state index contributed by atoms with van der Waals surface area (Å²) >= 11 is 0.722. The lowest BCUT2D eigenvalue weighted by Crippen LogP contribution is -2.32. The highest BCUT2D eigenvalue weighted by Gasteiger charge is 2.35. The molecule has 38 heavy (non-hydrogen) atoms. The molecule has 196 valence electrons. The van der Waals surface area contributed by atoms with Gasteiger partial charge in [-0.3, -0.25) is 24.6 Å². The molecule has 0 saturated carbocycles. The fraction of sp³-hybridized carbons (Fsp3) is 0.214. The maximum atomic E-state index is 13.0. The minimum atomic E-state index is -0.567. The van der Waals surface area contributed by atoms with Crippen molar-refractivity contribution in [2.24, 2.45) is 0 Å². The Balaban J connectivity index is 1.51. The molecular weight excluding hydrogens is 508 g/mol. The fourth-order valence-corrected chi connectivity index (χ4v) is 4.65. The Labute approximate surface area is 224 Å². The van der Waals surface area contributed by atoms with Crippen molar-refractivity contribution in [2.75, 3.05) is 20.3 Å². The van der Waals surface area contributed by atoms with Crippen LogP contribution in [0.15, 0.2) is 65.6 Å². The Hall–Kier alpha value is -4.31. The van der Waals surface area contributed by atoms with Gasteiger partial charge in [0.15, 0.2) is 11.5 Å². The third-order valence-corrected chi connectivity index (χ3v) is 6.73. The lowest BCUT2D eigenvalue weighted by atomic mass is 10.1. The topological polar surface area (TPSA) is 108 Å². The average molecular weight is 535 g/mol. The van der Waals surface area contributed by atoms with Gasteiger partial charge in [0.2, 0.25) is 0 Å². The number of imide groups is 1. The predicted molar refractivity (Wildman–Crippen MR) is 145 cm³/mol. The highest BCUT2D eigenvalue weighted by atomic mass is 32.2. The zero-order valence-corrected chi connectivity index (χ0v) is 21.9. The maximum Gasteiger partial charge on any atom is 0.293 e. The minimum absolute atomic E-state index is 0.0487. The molecular formula is C28H26N2O7S. The molecule has 4 rings (SSSR count). The molecule has 1 aliphatic rings. The lowest BCUT2D eigenvalue weighted by Gasteiger charge is -2.14. The quantitative estimate of drug-likeness (QED) is 0.179. The van der Waals surface area contributed by atoms with Gasteiger partial charge in [0.05, 0.1) is 35.1 Å². The monoisotopic (exact) mass is 534 g/mol. The molecule has 1 fully saturated rings. The molecule has 0 spiro atoms. The number of hydrogen-bond acceptors (Lipinski definition) is 8. The van der Waals surface area contributed by atoms with Crippen molar-refractivity contribution in [3.8, 4) is 17.2 Å². The number of carbonyl (C=O) groups is 2. The van der Waals surface area contributed by atoms with Crippen molar-refractivity contribution in [1.29, 1.82) is 0 Å². The van der Waals surface area contributed by atoms with Gasteiger partial charge in [-0.2, -0.15) is 0 Å². The standard InChI is InChI=1S/C28H26N2O7S/c1-18-9-10-19(2)23(13-18)36-12-11-29-27(31)26(38-28(29)32)15-21-14-24(35-3)25(16-22(21)30(33)34)37-17-20-7-5-4-6-8-20/h4-10,13-16H,11-12,17H2,1-3H3/b26-15-. The number of nitro benzene ring substituents is 1. The van der Waals surface area contributed by atoms with Crippen molar-refractivity contribution in [3.63, 3.8) is 0 Å². The van der Waals surface area contributed by atoms with Crippen LogP contribution in [-0.2, 0) is 11.4 Å². The van der Waals surface area contributed by atoms with Crippen LogP contribution in [0.3, 0.4) is 0 Å². The summed E-state index contributed by atoms with van der Waals surface area (Å²) in [6, 6.07) is 17.8. The van der Waals surface area contributed by atoms with Crippen LogP contribution in [0.4, 0.5) is 10.5 Å². The van der Waals surface area contributed by atoms with Crippen LogP contribution in [-0.4, -0.2) is 41.2 Å². The molecule has 9 nitrogen and oxygen atoms in total. The van der Waals surface area contributed by atoms with E-state index in [9.17, 15) is 19.7 Å². The first-order valence-electron chi connectivity index (χ1n) is 11.8. The molecule has 2 amide bonds. The average Bonchev–Trinajstić information content (AvgIpc) is 3.17. The predicted octanol–water partition coefficient (Wildman–Crippen LogP) is 5.91. The summed E-state index contributed by atoms with van der Waals surface area (Å²) in [5.41, 5.74) is 2.71. The van der Waals surface area contributed by atoms with Gasteiger partial charge in [-0.15, -0.1) is 0 Å². The highest BCUT2D eigenvalue weighted by Crippen LogP contribution is 2.39. The van der Waals surface area contributed by atoms with Gasteiger partial charge < -0.3 is 14.2 Å². The highest BCUT2D eigenvalue weighted by molar-refractivity contribution is 8.18. The van der Waals surface area contributed by atoms with Crippen LogP contribution in [0, 0.1) is 24.0 Å². The maximum absolute atomic E-state index is 13.0. The number of aryl methyl sites for hydroxylation is 2. The lowest BCUT2D eigenvalue weighted by molar-refractivity contribution is -0.385. The van der Waals surface area contributed by atoms with Gasteiger partial charge in [-0.05, 0) is 60.5 Å². The molecule has 1 heterocycles. The number of thioether (sulfide) groups is 1. The Kier molecular flexibility index (Phi) is 8.32. The second-order valence-electron chi connectivity index (χ2n) is 8.54. The molecule has 0 aliphatic carbocycles. The second kappa shape index (κ2) is 11.8. The molecule has 3 aromatic rings. The van der Waals surface area contributed by atoms with Crippen molar-refractivity contribution in [2.45, 2.75) is 20.5 Å². The fourth-order valence-electron chi connectivity index (χ4n) is 3.79. The Morgan fingerprint density at radius 2 is 1.74 bits per heavy atom. The third-order valence-electron chi connectivity index (χ3n) is 5.82. The van der Waals surface area contributed by atoms with Gasteiger partial charge in [0.1, 0.15) is 19.0 Å². The molecule has 0 unspecified atom stereocenters. The van der Waals surface area contributed by atoms with E-state index in [0.29, 0.717) is 5.75 Å². The Morgan fingerprint density at radius 3 is 2.45 bits per heavy atom. The number of amides is 2. The Morgan fingerprint density at radius 1 is 0.974 bits per heavy atom. The molecule has 0 bridgehead atoms. The van der Waals surface area contributed by atoms with Gasteiger partial charge in [-0.1, -0.05) is 42.5 Å². The molecule has 10 heteroatoms.